The van der Waals surface area contributed by atoms with E-state index in [1.165, 1.54) is 28.2 Å². The number of nitrogens with zero attached hydrogens (tertiary/aromatic N) is 2. The lowest BCUT2D eigenvalue weighted by molar-refractivity contribution is -0.907. The first-order valence-electron chi connectivity index (χ1n) is 10.5. The van der Waals surface area contributed by atoms with Crippen molar-refractivity contribution in [2.24, 2.45) is 0 Å². The summed E-state index contributed by atoms with van der Waals surface area (Å²) in [7, 11) is 0. The highest BCUT2D eigenvalue weighted by molar-refractivity contribution is 5.92. The third-order valence-electron chi connectivity index (χ3n) is 6.17. The minimum Gasteiger partial charge on any atom is -0.326 e. The fraction of sp³-hybridized carbons (Fsp3) is 0.280. The highest BCUT2D eigenvalue weighted by Gasteiger charge is 2.24. The molecule has 0 saturated heterocycles. The Morgan fingerprint density at radius 3 is 2.58 bits per heavy atom. The van der Waals surface area contributed by atoms with Crippen molar-refractivity contribution in [1.82, 2.24) is 4.57 Å². The molecule has 0 radical (unpaired) electrons. The largest absolute Gasteiger partial charge is 0.326 e. The molecule has 2 aromatic carbocycles. The lowest BCUT2D eigenvalue weighted by atomic mass is 10.00. The summed E-state index contributed by atoms with van der Waals surface area (Å²) >= 11 is 0. The van der Waals surface area contributed by atoms with Crippen molar-refractivity contribution in [1.29, 1.82) is 5.26 Å². The first-order valence-corrected chi connectivity index (χ1v) is 10.5. The zero-order valence-corrected chi connectivity index (χ0v) is 17.8. The van der Waals surface area contributed by atoms with Crippen LogP contribution in [-0.2, 0) is 24.3 Å². The van der Waals surface area contributed by atoms with Gasteiger partial charge in [0.25, 0.3) is 5.91 Å². The number of hydrogen-bond donors (Lipinski definition) is 2. The summed E-state index contributed by atoms with van der Waals surface area (Å²) in [5.74, 6) is 0.119. The number of rotatable bonds is 5. The van der Waals surface area contributed by atoms with Gasteiger partial charge in [-0.2, -0.15) is 5.26 Å². The number of halogens is 1. The highest BCUT2D eigenvalue weighted by atomic mass is 19.1. The van der Waals surface area contributed by atoms with E-state index in [2.05, 4.69) is 29.6 Å². The molecule has 2 heterocycles. The molecule has 5 nitrogen and oxygen atoms in total. The SMILES string of the molecule is Cc1c(C#N)c(NC(=O)C[NH+]2CCc3ccccc3C2)n(Cc2ccc(F)cc2)c1C. The second kappa shape index (κ2) is 8.75. The molecule has 1 aromatic heterocycles. The number of carbonyl (C=O) groups is 1. The Labute approximate surface area is 181 Å². The number of hydrogen-bond acceptors (Lipinski definition) is 2. The first-order chi connectivity index (χ1) is 15.0. The van der Waals surface area contributed by atoms with E-state index >= 15 is 0 Å². The van der Waals surface area contributed by atoms with Crippen molar-refractivity contribution in [3.05, 3.63) is 87.9 Å². The molecule has 0 bridgehead atoms. The van der Waals surface area contributed by atoms with Crippen molar-refractivity contribution in [3.63, 3.8) is 0 Å². The van der Waals surface area contributed by atoms with Crippen LogP contribution in [0.5, 0.6) is 0 Å². The van der Waals surface area contributed by atoms with Crippen molar-refractivity contribution in [2.75, 3.05) is 18.4 Å². The molecule has 0 fully saturated rings. The highest BCUT2D eigenvalue weighted by Crippen LogP contribution is 2.27. The van der Waals surface area contributed by atoms with E-state index in [9.17, 15) is 14.4 Å². The second-order valence-electron chi connectivity index (χ2n) is 8.18. The van der Waals surface area contributed by atoms with Gasteiger partial charge < -0.3 is 14.8 Å². The normalized spacial score (nSPS) is 15.2. The maximum absolute atomic E-state index is 13.3. The average molecular weight is 418 g/mol. The Morgan fingerprint density at radius 2 is 1.87 bits per heavy atom. The van der Waals surface area contributed by atoms with Gasteiger partial charge in [-0.25, -0.2) is 4.39 Å². The predicted molar refractivity (Wildman–Crippen MR) is 117 cm³/mol. The molecule has 1 unspecified atom stereocenters. The van der Waals surface area contributed by atoms with Gasteiger partial charge in [0, 0.05) is 24.2 Å². The quantitative estimate of drug-likeness (QED) is 0.671. The molecule has 31 heavy (non-hydrogen) atoms. The summed E-state index contributed by atoms with van der Waals surface area (Å²) in [6.07, 6.45) is 0.960. The van der Waals surface area contributed by atoms with Crippen molar-refractivity contribution >= 4 is 11.7 Å². The standard InChI is InChI=1S/C25H25FN4O/c1-17-18(2)30(14-19-7-9-22(26)10-8-19)25(23(17)13-27)28-24(31)16-29-12-11-20-5-3-4-6-21(20)15-29/h3-10H,11-12,14-16H2,1-2H3,(H,28,31)/p+1. The summed E-state index contributed by atoms with van der Waals surface area (Å²) in [4.78, 5) is 14.1. The maximum atomic E-state index is 13.3. The molecule has 158 valence electrons. The number of nitrogens with one attached hydrogen (secondary N) is 2. The minimum absolute atomic E-state index is 0.108. The van der Waals surface area contributed by atoms with Crippen LogP contribution in [0.1, 0.15) is 33.5 Å². The topological polar surface area (TPSA) is 62.3 Å². The maximum Gasteiger partial charge on any atom is 0.280 e. The van der Waals surface area contributed by atoms with E-state index in [4.69, 9.17) is 0 Å². The fourth-order valence-corrected chi connectivity index (χ4v) is 4.30. The first kappa shape index (κ1) is 20.8. The molecule has 0 spiro atoms. The molecular formula is C25H26FN4O+. The molecule has 1 atom stereocenters. The van der Waals surface area contributed by atoms with Gasteiger partial charge in [-0.1, -0.05) is 36.4 Å². The number of aromatic nitrogens is 1. The van der Waals surface area contributed by atoms with E-state index < -0.39 is 0 Å². The van der Waals surface area contributed by atoms with Gasteiger partial charge in [-0.3, -0.25) is 4.79 Å². The van der Waals surface area contributed by atoms with E-state index in [1.54, 1.807) is 12.1 Å². The number of quaternary nitrogens is 1. The minimum atomic E-state index is -0.290. The predicted octanol–water partition coefficient (Wildman–Crippen LogP) is 2.74. The molecule has 2 N–H and O–H groups in total. The zero-order chi connectivity index (χ0) is 22.0. The third-order valence-corrected chi connectivity index (χ3v) is 6.17. The molecule has 0 aliphatic carbocycles. The molecule has 4 rings (SSSR count). The Hall–Kier alpha value is -3.43. The van der Waals surface area contributed by atoms with Crippen LogP contribution in [0, 0.1) is 31.0 Å². The summed E-state index contributed by atoms with van der Waals surface area (Å²) < 4.78 is 15.2. The Balaban J connectivity index is 1.53. The summed E-state index contributed by atoms with van der Waals surface area (Å²) in [6, 6.07) is 16.9. The fourth-order valence-electron chi connectivity index (χ4n) is 4.30. The molecule has 1 aliphatic rings. The third kappa shape index (κ3) is 4.37. The van der Waals surface area contributed by atoms with Crippen LogP contribution in [0.15, 0.2) is 48.5 Å². The zero-order valence-electron chi connectivity index (χ0n) is 17.8. The molecule has 1 amide bonds. The number of fused-ring (bicyclic) bond motifs is 1. The van der Waals surface area contributed by atoms with Gasteiger partial charge in [0.05, 0.1) is 12.1 Å². The van der Waals surface area contributed by atoms with Gasteiger partial charge >= 0.3 is 0 Å². The van der Waals surface area contributed by atoms with E-state index in [-0.39, 0.29) is 11.7 Å². The van der Waals surface area contributed by atoms with Crippen LogP contribution in [0.4, 0.5) is 10.2 Å². The van der Waals surface area contributed by atoms with Gasteiger partial charge in [0.2, 0.25) is 0 Å². The van der Waals surface area contributed by atoms with Crippen LogP contribution in [0.2, 0.25) is 0 Å². The van der Waals surface area contributed by atoms with E-state index in [0.29, 0.717) is 24.5 Å². The molecule has 6 heteroatoms. The lowest BCUT2D eigenvalue weighted by Crippen LogP contribution is -3.12. The summed E-state index contributed by atoms with van der Waals surface area (Å²) in [6.45, 7) is 6.35. The number of benzene rings is 2. The Kier molecular flexibility index (Phi) is 5.88. The van der Waals surface area contributed by atoms with Crippen molar-refractivity contribution in [2.45, 2.75) is 33.4 Å². The van der Waals surface area contributed by atoms with Gasteiger partial charge in [-0.05, 0) is 42.7 Å². The van der Waals surface area contributed by atoms with Gasteiger partial charge in [0.15, 0.2) is 6.54 Å². The Bertz CT molecular complexity index is 1160. The summed E-state index contributed by atoms with van der Waals surface area (Å²) in [5, 5.41) is 12.7. The smallest absolute Gasteiger partial charge is 0.280 e. The number of carbonyl (C=O) groups excluding carboxylic acids is 1. The number of amides is 1. The number of anilines is 1. The van der Waals surface area contributed by atoms with E-state index in [1.807, 2.05) is 24.5 Å². The van der Waals surface area contributed by atoms with Gasteiger partial charge in [-0.15, -0.1) is 0 Å². The monoisotopic (exact) mass is 417 g/mol. The average Bonchev–Trinajstić information content (AvgIpc) is 2.98. The van der Waals surface area contributed by atoms with Gasteiger partial charge in [0.1, 0.15) is 24.2 Å². The molecular weight excluding hydrogens is 391 g/mol. The van der Waals surface area contributed by atoms with Crippen LogP contribution < -0.4 is 10.2 Å². The second-order valence-corrected chi connectivity index (χ2v) is 8.18. The molecule has 3 aromatic rings. The van der Waals surface area contributed by atoms with Crippen LogP contribution in [-0.4, -0.2) is 23.6 Å². The molecule has 1 aliphatic heterocycles. The van der Waals surface area contributed by atoms with Crippen LogP contribution in [0.25, 0.3) is 0 Å². The van der Waals surface area contributed by atoms with Crippen LogP contribution in [0.3, 0.4) is 0 Å². The summed E-state index contributed by atoms with van der Waals surface area (Å²) in [5.41, 5.74) is 5.79. The lowest BCUT2D eigenvalue weighted by Gasteiger charge is -2.25. The van der Waals surface area contributed by atoms with E-state index in [0.717, 1.165) is 36.3 Å². The van der Waals surface area contributed by atoms with Crippen molar-refractivity contribution in [3.8, 4) is 6.07 Å². The van der Waals surface area contributed by atoms with Crippen LogP contribution >= 0.6 is 0 Å². The number of nitriles is 1. The Morgan fingerprint density at radius 1 is 1.16 bits per heavy atom. The molecule has 0 saturated carbocycles. The van der Waals surface area contributed by atoms with Crippen molar-refractivity contribution < 1.29 is 14.1 Å².